The lowest BCUT2D eigenvalue weighted by Crippen LogP contribution is -2.44. The minimum atomic E-state index is -4.52. The monoisotopic (exact) mass is 317 g/mol. The molecule has 3 rings (SSSR count). The fraction of sp³-hybridized carbons (Fsp3) is 0.769. The van der Waals surface area contributed by atoms with E-state index in [-0.39, 0.29) is 43.3 Å². The van der Waals surface area contributed by atoms with Gasteiger partial charge in [0.2, 0.25) is 11.7 Å². The van der Waals surface area contributed by atoms with Crippen LogP contribution in [0.5, 0.6) is 0 Å². The van der Waals surface area contributed by atoms with Crippen LogP contribution < -0.4 is 5.73 Å². The molecule has 1 fully saturated rings. The molecule has 0 aromatic carbocycles. The van der Waals surface area contributed by atoms with E-state index in [0.29, 0.717) is 6.42 Å². The minimum absolute atomic E-state index is 0.0297. The van der Waals surface area contributed by atoms with Crippen LogP contribution in [0, 0.1) is 5.92 Å². The summed E-state index contributed by atoms with van der Waals surface area (Å²) in [5.74, 6) is -0.959. The first-order valence-electron chi connectivity index (χ1n) is 7.40. The van der Waals surface area contributed by atoms with Crippen molar-refractivity contribution >= 4 is 5.91 Å². The molecule has 1 amide bonds. The van der Waals surface area contributed by atoms with Crippen LogP contribution in [-0.2, 0) is 24.1 Å². The van der Waals surface area contributed by atoms with Gasteiger partial charge in [-0.2, -0.15) is 13.2 Å². The fourth-order valence-corrected chi connectivity index (χ4v) is 3.27. The summed E-state index contributed by atoms with van der Waals surface area (Å²) in [4.78, 5) is 14.1. The third kappa shape index (κ3) is 2.81. The van der Waals surface area contributed by atoms with Gasteiger partial charge in [0, 0.05) is 25.0 Å². The molecule has 2 N–H and O–H groups in total. The lowest BCUT2D eigenvalue weighted by atomic mass is 9.85. The van der Waals surface area contributed by atoms with E-state index in [9.17, 15) is 18.0 Å². The van der Waals surface area contributed by atoms with Gasteiger partial charge in [0.1, 0.15) is 0 Å². The highest BCUT2D eigenvalue weighted by Gasteiger charge is 2.40. The molecule has 1 aliphatic heterocycles. The lowest BCUT2D eigenvalue weighted by molar-refractivity contribution is -0.148. The van der Waals surface area contributed by atoms with E-state index in [1.807, 2.05) is 0 Å². The number of hydrogen-bond acceptors (Lipinski definition) is 4. The Morgan fingerprint density at radius 2 is 2.00 bits per heavy atom. The smallest absolute Gasteiger partial charge is 0.333 e. The quantitative estimate of drug-likeness (QED) is 0.843. The number of alkyl halides is 3. The highest BCUT2D eigenvalue weighted by Crippen LogP contribution is 2.30. The number of hydrogen-bond donors (Lipinski definition) is 1. The van der Waals surface area contributed by atoms with Crippen LogP contribution in [0.4, 0.5) is 13.2 Å². The van der Waals surface area contributed by atoms with Gasteiger partial charge in [-0.3, -0.25) is 4.79 Å². The summed E-state index contributed by atoms with van der Waals surface area (Å²) < 4.78 is 39.4. The topological polar surface area (TPSA) is 77.0 Å². The Morgan fingerprint density at radius 3 is 2.68 bits per heavy atom. The molecular weight excluding hydrogens is 299 g/mol. The van der Waals surface area contributed by atoms with Crippen LogP contribution in [0.3, 0.4) is 0 Å². The van der Waals surface area contributed by atoms with Gasteiger partial charge in [0.15, 0.2) is 5.82 Å². The maximum atomic E-state index is 12.8. The SMILES string of the molecule is NC1CCCC(C(=O)N2CCn3c(nnc3C(F)(F)F)C2)C1. The number of nitrogens with two attached hydrogens (primary N) is 1. The molecule has 2 unspecified atom stereocenters. The Bertz CT molecular complexity index is 571. The molecule has 6 nitrogen and oxygen atoms in total. The van der Waals surface area contributed by atoms with Crippen molar-refractivity contribution in [1.29, 1.82) is 0 Å². The first-order chi connectivity index (χ1) is 10.4. The predicted molar refractivity (Wildman–Crippen MR) is 70.4 cm³/mol. The van der Waals surface area contributed by atoms with Gasteiger partial charge in [-0.1, -0.05) is 6.42 Å². The zero-order chi connectivity index (χ0) is 15.9. The second-order valence-corrected chi connectivity index (χ2v) is 5.97. The van der Waals surface area contributed by atoms with Crippen molar-refractivity contribution in [2.75, 3.05) is 6.54 Å². The Labute approximate surface area is 125 Å². The second kappa shape index (κ2) is 5.53. The highest BCUT2D eigenvalue weighted by molar-refractivity contribution is 5.79. The molecule has 122 valence electrons. The molecule has 1 aromatic rings. The molecule has 0 bridgehead atoms. The normalized spacial score (nSPS) is 25.9. The molecule has 0 spiro atoms. The molecule has 1 saturated carbocycles. The van der Waals surface area contributed by atoms with Gasteiger partial charge >= 0.3 is 6.18 Å². The first kappa shape index (κ1) is 15.3. The molecule has 2 aliphatic rings. The predicted octanol–water partition coefficient (Wildman–Crippen LogP) is 1.16. The third-order valence-corrected chi connectivity index (χ3v) is 4.38. The summed E-state index contributed by atoms with van der Waals surface area (Å²) >= 11 is 0. The summed E-state index contributed by atoms with van der Waals surface area (Å²) in [6.07, 6.45) is -1.24. The Hall–Kier alpha value is -1.64. The van der Waals surface area contributed by atoms with Crippen LogP contribution in [0.15, 0.2) is 0 Å². The van der Waals surface area contributed by atoms with E-state index in [2.05, 4.69) is 10.2 Å². The highest BCUT2D eigenvalue weighted by atomic mass is 19.4. The molecule has 2 heterocycles. The average molecular weight is 317 g/mol. The summed E-state index contributed by atoms with van der Waals surface area (Å²) in [7, 11) is 0. The Kier molecular flexibility index (Phi) is 3.84. The van der Waals surface area contributed by atoms with E-state index >= 15 is 0 Å². The van der Waals surface area contributed by atoms with Gasteiger partial charge in [-0.05, 0) is 19.3 Å². The van der Waals surface area contributed by atoms with Crippen molar-refractivity contribution in [3.05, 3.63) is 11.6 Å². The second-order valence-electron chi connectivity index (χ2n) is 5.97. The van der Waals surface area contributed by atoms with Crippen LogP contribution in [-0.4, -0.2) is 38.2 Å². The standard InChI is InChI=1S/C13H18F3N5O/c14-13(15,16)12-19-18-10-7-20(4-5-21(10)12)11(22)8-2-1-3-9(17)6-8/h8-9H,1-7,17H2. The van der Waals surface area contributed by atoms with E-state index in [0.717, 1.165) is 23.8 Å². The van der Waals surface area contributed by atoms with Crippen LogP contribution in [0.25, 0.3) is 0 Å². The number of amides is 1. The first-order valence-corrected chi connectivity index (χ1v) is 7.40. The minimum Gasteiger partial charge on any atom is -0.333 e. The maximum absolute atomic E-state index is 12.8. The molecule has 22 heavy (non-hydrogen) atoms. The summed E-state index contributed by atoms with van der Waals surface area (Å²) in [6.45, 7) is 0.397. The van der Waals surface area contributed by atoms with E-state index in [4.69, 9.17) is 5.73 Å². The molecule has 2 atom stereocenters. The largest absolute Gasteiger partial charge is 0.451 e. The number of rotatable bonds is 1. The maximum Gasteiger partial charge on any atom is 0.451 e. The number of aromatic nitrogens is 3. The summed E-state index contributed by atoms with van der Waals surface area (Å²) in [5.41, 5.74) is 5.90. The van der Waals surface area contributed by atoms with Crippen molar-refractivity contribution in [2.24, 2.45) is 11.7 Å². The Morgan fingerprint density at radius 1 is 1.23 bits per heavy atom. The molecule has 0 saturated heterocycles. The zero-order valence-electron chi connectivity index (χ0n) is 12.0. The summed E-state index contributed by atoms with van der Waals surface area (Å²) in [6, 6.07) is 0.0352. The van der Waals surface area contributed by atoms with E-state index in [1.165, 1.54) is 0 Å². The molecule has 9 heteroatoms. The van der Waals surface area contributed by atoms with Crippen molar-refractivity contribution in [1.82, 2.24) is 19.7 Å². The third-order valence-electron chi connectivity index (χ3n) is 4.38. The number of fused-ring (bicyclic) bond motifs is 1. The molecular formula is C13H18F3N5O. The van der Waals surface area contributed by atoms with Crippen molar-refractivity contribution in [3.8, 4) is 0 Å². The molecule has 0 radical (unpaired) electrons. The fourth-order valence-electron chi connectivity index (χ4n) is 3.27. The van der Waals surface area contributed by atoms with Crippen LogP contribution in [0.1, 0.15) is 37.3 Å². The number of carbonyl (C=O) groups excluding carboxylic acids is 1. The average Bonchev–Trinajstić information content (AvgIpc) is 2.89. The number of nitrogens with zero attached hydrogens (tertiary/aromatic N) is 4. The van der Waals surface area contributed by atoms with Crippen molar-refractivity contribution in [3.63, 3.8) is 0 Å². The van der Waals surface area contributed by atoms with Crippen LogP contribution >= 0.6 is 0 Å². The van der Waals surface area contributed by atoms with E-state index < -0.39 is 12.0 Å². The van der Waals surface area contributed by atoms with Crippen molar-refractivity contribution in [2.45, 2.75) is 51.0 Å². The van der Waals surface area contributed by atoms with Gasteiger partial charge in [0.05, 0.1) is 6.54 Å². The van der Waals surface area contributed by atoms with Crippen molar-refractivity contribution < 1.29 is 18.0 Å². The lowest BCUT2D eigenvalue weighted by Gasteiger charge is -2.33. The summed E-state index contributed by atoms with van der Waals surface area (Å²) in [5, 5.41) is 6.81. The number of carbonyl (C=O) groups is 1. The molecule has 1 aliphatic carbocycles. The zero-order valence-corrected chi connectivity index (χ0v) is 12.0. The number of halogens is 3. The van der Waals surface area contributed by atoms with Gasteiger partial charge in [-0.15, -0.1) is 10.2 Å². The van der Waals surface area contributed by atoms with Gasteiger partial charge in [-0.25, -0.2) is 0 Å². The van der Waals surface area contributed by atoms with Gasteiger partial charge < -0.3 is 15.2 Å². The van der Waals surface area contributed by atoms with Crippen LogP contribution in [0.2, 0.25) is 0 Å². The van der Waals surface area contributed by atoms with E-state index in [1.54, 1.807) is 4.90 Å². The Balaban J connectivity index is 1.72. The molecule has 1 aromatic heterocycles. The van der Waals surface area contributed by atoms with Gasteiger partial charge in [0.25, 0.3) is 0 Å².